The summed E-state index contributed by atoms with van der Waals surface area (Å²) in [5.41, 5.74) is 0. The van der Waals surface area contributed by atoms with Crippen molar-refractivity contribution in [2.24, 2.45) is 0 Å². The molecular weight excluding hydrogens is 216 g/mol. The highest BCUT2D eigenvalue weighted by molar-refractivity contribution is 5.90. The van der Waals surface area contributed by atoms with E-state index in [1.807, 2.05) is 18.4 Å². The van der Waals surface area contributed by atoms with Crippen molar-refractivity contribution in [3.05, 3.63) is 11.6 Å². The van der Waals surface area contributed by atoms with Crippen LogP contribution in [0, 0.1) is 0 Å². The molecule has 1 aliphatic rings. The third kappa shape index (κ3) is 2.33. The number of amides is 1. The van der Waals surface area contributed by atoms with Gasteiger partial charge in [-0.1, -0.05) is 6.42 Å². The third-order valence-electron chi connectivity index (χ3n) is 3.35. The number of fused-ring (bicyclic) bond motifs is 1. The molecule has 5 heteroatoms. The number of aryl methyl sites for hydroxylation is 1. The van der Waals surface area contributed by atoms with Gasteiger partial charge in [0.1, 0.15) is 5.82 Å². The van der Waals surface area contributed by atoms with E-state index in [4.69, 9.17) is 0 Å². The minimum atomic E-state index is 0.00986. The molecule has 0 spiro atoms. The first-order valence-corrected chi connectivity index (χ1v) is 6.49. The zero-order chi connectivity index (χ0) is 12.3. The molecule has 1 aromatic rings. The summed E-state index contributed by atoms with van der Waals surface area (Å²) in [5, 5.41) is 8.23. The number of nitrogens with zero attached hydrogens (tertiary/aromatic N) is 4. The topological polar surface area (TPSA) is 51.0 Å². The van der Waals surface area contributed by atoms with E-state index in [-0.39, 0.29) is 5.91 Å². The summed E-state index contributed by atoms with van der Waals surface area (Å²) >= 11 is 0. The number of rotatable bonds is 3. The molecule has 1 aliphatic heterocycles. The highest BCUT2D eigenvalue weighted by Crippen LogP contribution is 2.15. The SMILES string of the molecule is CCN(CC)C(=O)c1nnc2n1CCCCC2. The molecule has 0 aliphatic carbocycles. The maximum atomic E-state index is 12.3. The summed E-state index contributed by atoms with van der Waals surface area (Å²) in [5.74, 6) is 1.50. The van der Waals surface area contributed by atoms with Gasteiger partial charge in [0.2, 0.25) is 5.82 Å². The Bertz CT molecular complexity index is 395. The van der Waals surface area contributed by atoms with Gasteiger partial charge < -0.3 is 9.47 Å². The minimum Gasteiger partial charge on any atom is -0.336 e. The van der Waals surface area contributed by atoms with Crippen LogP contribution in [-0.2, 0) is 13.0 Å². The molecule has 0 aromatic carbocycles. The lowest BCUT2D eigenvalue weighted by Crippen LogP contribution is -2.32. The molecule has 2 heterocycles. The van der Waals surface area contributed by atoms with Crippen LogP contribution in [0.25, 0.3) is 0 Å². The molecule has 5 nitrogen and oxygen atoms in total. The Hall–Kier alpha value is -1.39. The van der Waals surface area contributed by atoms with E-state index in [0.29, 0.717) is 5.82 Å². The minimum absolute atomic E-state index is 0.00986. The van der Waals surface area contributed by atoms with Gasteiger partial charge in [-0.25, -0.2) is 0 Å². The van der Waals surface area contributed by atoms with Gasteiger partial charge >= 0.3 is 0 Å². The Morgan fingerprint density at radius 1 is 1.24 bits per heavy atom. The van der Waals surface area contributed by atoms with E-state index in [1.165, 1.54) is 6.42 Å². The van der Waals surface area contributed by atoms with E-state index in [1.54, 1.807) is 4.90 Å². The Labute approximate surface area is 102 Å². The van der Waals surface area contributed by atoms with Gasteiger partial charge in [0, 0.05) is 26.1 Å². The second kappa shape index (κ2) is 5.29. The van der Waals surface area contributed by atoms with E-state index >= 15 is 0 Å². The van der Waals surface area contributed by atoms with Gasteiger partial charge in [0.05, 0.1) is 0 Å². The lowest BCUT2D eigenvalue weighted by atomic mass is 10.2. The van der Waals surface area contributed by atoms with Gasteiger partial charge in [0.15, 0.2) is 0 Å². The average molecular weight is 236 g/mol. The summed E-state index contributed by atoms with van der Waals surface area (Å²) in [4.78, 5) is 14.0. The first-order chi connectivity index (χ1) is 8.27. The standard InChI is InChI=1S/C12H20N4O/c1-3-15(4-2)12(17)11-14-13-10-8-6-5-7-9-16(10)11/h3-9H2,1-2H3. The lowest BCUT2D eigenvalue weighted by molar-refractivity contribution is 0.0755. The van der Waals surface area contributed by atoms with Crippen molar-refractivity contribution in [1.29, 1.82) is 0 Å². The van der Waals surface area contributed by atoms with Crippen LogP contribution in [0.4, 0.5) is 0 Å². The zero-order valence-electron chi connectivity index (χ0n) is 10.6. The highest BCUT2D eigenvalue weighted by Gasteiger charge is 2.22. The molecule has 0 N–H and O–H groups in total. The number of carbonyl (C=O) groups excluding carboxylic acids is 1. The van der Waals surface area contributed by atoms with Gasteiger partial charge in [0.25, 0.3) is 5.91 Å². The van der Waals surface area contributed by atoms with Crippen molar-refractivity contribution in [3.63, 3.8) is 0 Å². The Balaban J connectivity index is 2.27. The predicted octanol–water partition coefficient (Wildman–Crippen LogP) is 1.49. The maximum Gasteiger partial charge on any atom is 0.291 e. The molecule has 0 unspecified atom stereocenters. The summed E-state index contributed by atoms with van der Waals surface area (Å²) in [6, 6.07) is 0. The molecule has 0 saturated carbocycles. The Kier molecular flexibility index (Phi) is 3.76. The van der Waals surface area contributed by atoms with Crippen LogP contribution < -0.4 is 0 Å². The average Bonchev–Trinajstić information content (AvgIpc) is 2.60. The first kappa shape index (κ1) is 12.1. The third-order valence-corrected chi connectivity index (χ3v) is 3.35. The van der Waals surface area contributed by atoms with Crippen molar-refractivity contribution in [1.82, 2.24) is 19.7 Å². The van der Waals surface area contributed by atoms with Gasteiger partial charge in [-0.15, -0.1) is 10.2 Å². The largest absolute Gasteiger partial charge is 0.336 e. The first-order valence-electron chi connectivity index (χ1n) is 6.49. The second-order valence-corrected chi connectivity index (χ2v) is 4.38. The van der Waals surface area contributed by atoms with Gasteiger partial charge in [-0.05, 0) is 26.7 Å². The molecular formula is C12H20N4O. The van der Waals surface area contributed by atoms with Crippen LogP contribution in [0.2, 0.25) is 0 Å². The van der Waals surface area contributed by atoms with E-state index < -0.39 is 0 Å². The van der Waals surface area contributed by atoms with E-state index in [9.17, 15) is 4.79 Å². The summed E-state index contributed by atoms with van der Waals surface area (Å²) < 4.78 is 2.01. The number of hydrogen-bond acceptors (Lipinski definition) is 3. The number of hydrogen-bond donors (Lipinski definition) is 0. The monoisotopic (exact) mass is 236 g/mol. The molecule has 1 aromatic heterocycles. The fraction of sp³-hybridized carbons (Fsp3) is 0.750. The van der Waals surface area contributed by atoms with Crippen LogP contribution in [0.1, 0.15) is 49.6 Å². The molecule has 94 valence electrons. The van der Waals surface area contributed by atoms with Crippen molar-refractivity contribution >= 4 is 5.91 Å². The van der Waals surface area contributed by atoms with Crippen LogP contribution in [0.3, 0.4) is 0 Å². The highest BCUT2D eigenvalue weighted by atomic mass is 16.2. The summed E-state index contributed by atoms with van der Waals surface area (Å²) in [6.45, 7) is 6.29. The van der Waals surface area contributed by atoms with Crippen molar-refractivity contribution in [3.8, 4) is 0 Å². The van der Waals surface area contributed by atoms with Crippen LogP contribution >= 0.6 is 0 Å². The van der Waals surface area contributed by atoms with Crippen LogP contribution in [0.15, 0.2) is 0 Å². The van der Waals surface area contributed by atoms with Crippen molar-refractivity contribution in [2.45, 2.75) is 46.1 Å². The smallest absolute Gasteiger partial charge is 0.291 e. The normalized spacial score (nSPS) is 15.2. The van der Waals surface area contributed by atoms with Crippen LogP contribution in [-0.4, -0.2) is 38.7 Å². The lowest BCUT2D eigenvalue weighted by Gasteiger charge is -2.18. The fourth-order valence-corrected chi connectivity index (χ4v) is 2.30. The molecule has 17 heavy (non-hydrogen) atoms. The predicted molar refractivity (Wildman–Crippen MR) is 64.8 cm³/mol. The molecule has 0 saturated heterocycles. The maximum absolute atomic E-state index is 12.3. The molecule has 0 radical (unpaired) electrons. The zero-order valence-corrected chi connectivity index (χ0v) is 10.6. The molecule has 1 amide bonds. The quantitative estimate of drug-likeness (QED) is 0.799. The molecule has 0 fully saturated rings. The molecule has 2 rings (SSSR count). The molecule has 0 atom stereocenters. The number of aromatic nitrogens is 3. The van der Waals surface area contributed by atoms with Crippen molar-refractivity contribution in [2.75, 3.05) is 13.1 Å². The van der Waals surface area contributed by atoms with E-state index in [2.05, 4.69) is 10.2 Å². The Morgan fingerprint density at radius 3 is 2.71 bits per heavy atom. The second-order valence-electron chi connectivity index (χ2n) is 4.38. The number of carbonyl (C=O) groups is 1. The van der Waals surface area contributed by atoms with E-state index in [0.717, 1.165) is 44.7 Å². The summed E-state index contributed by atoms with van der Waals surface area (Å²) in [7, 11) is 0. The van der Waals surface area contributed by atoms with Crippen LogP contribution in [0.5, 0.6) is 0 Å². The fourth-order valence-electron chi connectivity index (χ4n) is 2.30. The Morgan fingerprint density at radius 2 is 2.00 bits per heavy atom. The van der Waals surface area contributed by atoms with Gasteiger partial charge in [-0.2, -0.15) is 0 Å². The van der Waals surface area contributed by atoms with Crippen molar-refractivity contribution < 1.29 is 4.79 Å². The summed E-state index contributed by atoms with van der Waals surface area (Å²) in [6.07, 6.45) is 4.42. The van der Waals surface area contributed by atoms with Gasteiger partial charge in [-0.3, -0.25) is 4.79 Å². The molecule has 0 bridgehead atoms.